The number of nitrogens with zero attached hydrogens (tertiary/aromatic N) is 2. The standard InChI is InChI=1S/C13H18N4O2/c1-4-9-11(8(3)19-17-9)13(18)16-10(5-2)12-14-6-7-15-12/h6-7,10H,4-5H2,1-3H3,(H,14,15)(H,16,18). The molecule has 1 unspecified atom stereocenters. The molecule has 0 radical (unpaired) electrons. The summed E-state index contributed by atoms with van der Waals surface area (Å²) >= 11 is 0. The van der Waals surface area contributed by atoms with Crippen molar-refractivity contribution in [1.82, 2.24) is 20.4 Å². The van der Waals surface area contributed by atoms with Crippen LogP contribution < -0.4 is 5.32 Å². The van der Waals surface area contributed by atoms with Gasteiger partial charge in [0.25, 0.3) is 5.91 Å². The molecule has 2 rings (SSSR count). The highest BCUT2D eigenvalue weighted by molar-refractivity contribution is 5.96. The molecule has 0 aromatic carbocycles. The van der Waals surface area contributed by atoms with Crippen LogP contribution in [0.15, 0.2) is 16.9 Å². The zero-order chi connectivity index (χ0) is 13.8. The van der Waals surface area contributed by atoms with Crippen molar-refractivity contribution < 1.29 is 9.32 Å². The van der Waals surface area contributed by atoms with Gasteiger partial charge < -0.3 is 14.8 Å². The Labute approximate surface area is 111 Å². The van der Waals surface area contributed by atoms with Gasteiger partial charge in [0, 0.05) is 12.4 Å². The molecule has 0 bridgehead atoms. The van der Waals surface area contributed by atoms with Gasteiger partial charge in [-0.1, -0.05) is 19.0 Å². The second-order valence-corrected chi connectivity index (χ2v) is 4.32. The second-order valence-electron chi connectivity index (χ2n) is 4.32. The Morgan fingerprint density at radius 3 is 2.89 bits per heavy atom. The van der Waals surface area contributed by atoms with Gasteiger partial charge in [-0.2, -0.15) is 0 Å². The number of aryl methyl sites for hydroxylation is 2. The minimum absolute atomic E-state index is 0.137. The molecule has 2 heterocycles. The van der Waals surface area contributed by atoms with E-state index in [2.05, 4.69) is 20.4 Å². The summed E-state index contributed by atoms with van der Waals surface area (Å²) in [6.07, 6.45) is 4.83. The lowest BCUT2D eigenvalue weighted by Gasteiger charge is -2.14. The number of nitrogens with one attached hydrogen (secondary N) is 2. The average molecular weight is 262 g/mol. The maximum atomic E-state index is 12.3. The molecule has 0 fully saturated rings. The fourth-order valence-corrected chi connectivity index (χ4v) is 2.01. The largest absolute Gasteiger partial charge is 0.361 e. The molecule has 1 atom stereocenters. The first-order chi connectivity index (χ1) is 9.17. The van der Waals surface area contributed by atoms with Crippen LogP contribution in [0.1, 0.15) is 53.9 Å². The number of rotatable bonds is 5. The molecule has 1 amide bonds. The predicted molar refractivity (Wildman–Crippen MR) is 69.7 cm³/mol. The molecule has 19 heavy (non-hydrogen) atoms. The highest BCUT2D eigenvalue weighted by Gasteiger charge is 2.22. The van der Waals surface area contributed by atoms with Gasteiger partial charge in [0.1, 0.15) is 17.1 Å². The number of carbonyl (C=O) groups is 1. The lowest BCUT2D eigenvalue weighted by molar-refractivity contribution is 0.0931. The molecule has 102 valence electrons. The monoisotopic (exact) mass is 262 g/mol. The van der Waals surface area contributed by atoms with Crippen LogP contribution in [-0.2, 0) is 6.42 Å². The molecule has 0 aliphatic carbocycles. The van der Waals surface area contributed by atoms with Gasteiger partial charge in [0.05, 0.1) is 11.7 Å². The van der Waals surface area contributed by atoms with Crippen molar-refractivity contribution in [3.8, 4) is 0 Å². The zero-order valence-corrected chi connectivity index (χ0v) is 11.4. The third-order valence-corrected chi connectivity index (χ3v) is 3.06. The molecule has 0 aliphatic rings. The molecule has 2 N–H and O–H groups in total. The number of imidazole rings is 1. The van der Waals surface area contributed by atoms with Crippen LogP contribution in [-0.4, -0.2) is 21.0 Å². The van der Waals surface area contributed by atoms with E-state index in [4.69, 9.17) is 4.52 Å². The number of H-pyrrole nitrogens is 1. The van der Waals surface area contributed by atoms with Crippen LogP contribution in [0.4, 0.5) is 0 Å². The summed E-state index contributed by atoms with van der Waals surface area (Å²) in [7, 11) is 0. The lowest BCUT2D eigenvalue weighted by Crippen LogP contribution is -2.29. The first-order valence-electron chi connectivity index (χ1n) is 6.42. The molecule has 0 aliphatic heterocycles. The topological polar surface area (TPSA) is 83.8 Å². The number of hydrogen-bond acceptors (Lipinski definition) is 4. The van der Waals surface area contributed by atoms with Crippen molar-refractivity contribution >= 4 is 5.91 Å². The number of aromatic amines is 1. The Kier molecular flexibility index (Phi) is 3.99. The first-order valence-corrected chi connectivity index (χ1v) is 6.42. The zero-order valence-electron chi connectivity index (χ0n) is 11.4. The van der Waals surface area contributed by atoms with E-state index in [0.29, 0.717) is 23.4 Å². The number of hydrogen-bond donors (Lipinski definition) is 2. The SMILES string of the molecule is CCc1noc(C)c1C(=O)NC(CC)c1ncc[nH]1. The smallest absolute Gasteiger partial charge is 0.257 e. The lowest BCUT2D eigenvalue weighted by atomic mass is 10.1. The van der Waals surface area contributed by atoms with Crippen molar-refractivity contribution in [2.45, 2.75) is 39.7 Å². The fraction of sp³-hybridized carbons (Fsp3) is 0.462. The summed E-state index contributed by atoms with van der Waals surface area (Å²) in [6, 6.07) is -0.137. The van der Waals surface area contributed by atoms with Gasteiger partial charge in [-0.15, -0.1) is 0 Å². The highest BCUT2D eigenvalue weighted by atomic mass is 16.5. The molecular weight excluding hydrogens is 244 g/mol. The maximum absolute atomic E-state index is 12.3. The summed E-state index contributed by atoms with van der Waals surface area (Å²) in [5.41, 5.74) is 1.22. The van der Waals surface area contributed by atoms with Gasteiger partial charge in [0.15, 0.2) is 0 Å². The van der Waals surface area contributed by atoms with E-state index >= 15 is 0 Å². The Morgan fingerprint density at radius 2 is 2.32 bits per heavy atom. The van der Waals surface area contributed by atoms with E-state index in [0.717, 1.165) is 12.2 Å². The van der Waals surface area contributed by atoms with Crippen molar-refractivity contribution in [2.24, 2.45) is 0 Å². The number of amides is 1. The van der Waals surface area contributed by atoms with Gasteiger partial charge >= 0.3 is 0 Å². The van der Waals surface area contributed by atoms with Gasteiger partial charge in [0.2, 0.25) is 0 Å². The average Bonchev–Trinajstić information content (AvgIpc) is 3.04. The Hall–Kier alpha value is -2.11. The van der Waals surface area contributed by atoms with E-state index < -0.39 is 0 Å². The molecule has 2 aromatic rings. The van der Waals surface area contributed by atoms with Crippen LogP contribution in [0, 0.1) is 6.92 Å². The fourth-order valence-electron chi connectivity index (χ4n) is 2.01. The third-order valence-electron chi connectivity index (χ3n) is 3.06. The van der Waals surface area contributed by atoms with Crippen LogP contribution in [0.2, 0.25) is 0 Å². The summed E-state index contributed by atoms with van der Waals surface area (Å²) in [5.74, 6) is 1.13. The van der Waals surface area contributed by atoms with Crippen molar-refractivity contribution in [1.29, 1.82) is 0 Å². The van der Waals surface area contributed by atoms with E-state index in [1.165, 1.54) is 0 Å². The van der Waals surface area contributed by atoms with Gasteiger partial charge in [-0.3, -0.25) is 4.79 Å². The molecule has 2 aromatic heterocycles. The van der Waals surface area contributed by atoms with E-state index in [1.807, 2.05) is 13.8 Å². The van der Waals surface area contributed by atoms with Crippen LogP contribution in [0.3, 0.4) is 0 Å². The summed E-state index contributed by atoms with van der Waals surface area (Å²) < 4.78 is 5.08. The second kappa shape index (κ2) is 5.69. The van der Waals surface area contributed by atoms with Crippen LogP contribution in [0.5, 0.6) is 0 Å². The highest BCUT2D eigenvalue weighted by Crippen LogP contribution is 2.17. The molecule has 0 saturated carbocycles. The van der Waals surface area contributed by atoms with Crippen molar-refractivity contribution in [3.63, 3.8) is 0 Å². The van der Waals surface area contributed by atoms with E-state index in [9.17, 15) is 4.79 Å². The normalized spacial score (nSPS) is 12.4. The Balaban J connectivity index is 2.18. The summed E-state index contributed by atoms with van der Waals surface area (Å²) in [5, 5.41) is 6.85. The summed E-state index contributed by atoms with van der Waals surface area (Å²) in [4.78, 5) is 19.5. The van der Waals surface area contributed by atoms with Crippen LogP contribution in [0.25, 0.3) is 0 Å². The van der Waals surface area contributed by atoms with E-state index in [-0.39, 0.29) is 11.9 Å². The maximum Gasteiger partial charge on any atom is 0.257 e. The van der Waals surface area contributed by atoms with Gasteiger partial charge in [-0.05, 0) is 19.8 Å². The number of aromatic nitrogens is 3. The van der Waals surface area contributed by atoms with E-state index in [1.54, 1.807) is 19.3 Å². The number of carbonyl (C=O) groups excluding carboxylic acids is 1. The Morgan fingerprint density at radius 1 is 1.53 bits per heavy atom. The quantitative estimate of drug-likeness (QED) is 0.864. The molecule has 0 spiro atoms. The minimum Gasteiger partial charge on any atom is -0.361 e. The van der Waals surface area contributed by atoms with Crippen molar-refractivity contribution in [2.75, 3.05) is 0 Å². The van der Waals surface area contributed by atoms with Gasteiger partial charge in [-0.25, -0.2) is 4.98 Å². The Bertz CT molecular complexity index is 545. The molecular formula is C13H18N4O2. The molecule has 6 heteroatoms. The predicted octanol–water partition coefficient (Wildman–Crippen LogP) is 2.15. The van der Waals surface area contributed by atoms with Crippen LogP contribution >= 0.6 is 0 Å². The molecule has 6 nitrogen and oxygen atoms in total. The minimum atomic E-state index is -0.168. The van der Waals surface area contributed by atoms with Crippen molar-refractivity contribution in [3.05, 3.63) is 35.2 Å². The third kappa shape index (κ3) is 2.67. The summed E-state index contributed by atoms with van der Waals surface area (Å²) in [6.45, 7) is 5.68. The molecule has 0 saturated heterocycles. The first kappa shape index (κ1) is 13.3.